The molecule has 1 spiro atoms. The number of ketones is 1. The Bertz CT molecular complexity index is 1720. The molecule has 1 saturated carbocycles. The van der Waals surface area contributed by atoms with Crippen molar-refractivity contribution in [1.29, 1.82) is 0 Å². The number of hydrogen-bond acceptors (Lipinski definition) is 8. The first-order valence-corrected chi connectivity index (χ1v) is 15.3. The molecule has 0 radical (unpaired) electrons. The van der Waals surface area contributed by atoms with Gasteiger partial charge in [-0.25, -0.2) is 9.97 Å². The fraction of sp³-hybridized carbons (Fsp3) is 0.438. The van der Waals surface area contributed by atoms with Gasteiger partial charge in [-0.3, -0.25) is 14.1 Å². The van der Waals surface area contributed by atoms with Crippen LogP contribution in [0.2, 0.25) is 0 Å². The SMILES string of the molecule is CC(C)(C)c1cc(CC(=O)Cc2ccc(-c3cn4c(n3)sc3nc(OCCN5CCC6(CC6)C5)ccc34)cc2)no1. The molecule has 9 heteroatoms. The predicted molar refractivity (Wildman–Crippen MR) is 160 cm³/mol. The number of nitrogens with zero attached hydrogens (tertiary/aromatic N) is 5. The number of pyridine rings is 1. The number of aromatic nitrogens is 4. The fourth-order valence-electron chi connectivity index (χ4n) is 5.71. The lowest BCUT2D eigenvalue weighted by molar-refractivity contribution is -0.117. The van der Waals surface area contributed by atoms with E-state index in [1.807, 2.05) is 36.4 Å². The number of thiazole rings is 1. The number of rotatable bonds is 9. The van der Waals surface area contributed by atoms with Gasteiger partial charge in [-0.05, 0) is 42.9 Å². The van der Waals surface area contributed by atoms with Crippen LogP contribution >= 0.6 is 11.3 Å². The fourth-order valence-corrected chi connectivity index (χ4v) is 6.68. The standard InChI is InChI=1S/C32H35N5O3S/c1-31(2,3)27-18-23(35-40-27)17-24(38)16-21-4-6-22(7-5-21)25-19-37-26-8-9-28(34-29(26)41-30(37)33-25)39-15-14-36-13-12-32(20-36)10-11-32/h4-9,18-19H,10-17,20H2,1-3H3. The Balaban J connectivity index is 0.973. The first-order chi connectivity index (χ1) is 19.7. The summed E-state index contributed by atoms with van der Waals surface area (Å²) < 4.78 is 13.5. The van der Waals surface area contributed by atoms with E-state index in [0.29, 0.717) is 30.0 Å². The minimum Gasteiger partial charge on any atom is -0.476 e. The van der Waals surface area contributed by atoms with Crippen LogP contribution in [0.3, 0.4) is 0 Å². The molecular weight excluding hydrogens is 534 g/mol. The summed E-state index contributed by atoms with van der Waals surface area (Å²) in [6, 6.07) is 14.0. The normalized spacial score (nSPS) is 16.8. The van der Waals surface area contributed by atoms with E-state index in [1.54, 1.807) is 11.3 Å². The monoisotopic (exact) mass is 569 g/mol. The van der Waals surface area contributed by atoms with E-state index in [1.165, 1.54) is 32.4 Å². The van der Waals surface area contributed by atoms with Crippen molar-refractivity contribution in [1.82, 2.24) is 24.4 Å². The number of benzene rings is 1. The summed E-state index contributed by atoms with van der Waals surface area (Å²) in [5.74, 6) is 1.57. The quantitative estimate of drug-likeness (QED) is 0.212. The molecule has 5 heterocycles. The van der Waals surface area contributed by atoms with Gasteiger partial charge in [-0.15, -0.1) is 0 Å². The highest BCUT2D eigenvalue weighted by atomic mass is 32.1. The molecule has 0 atom stereocenters. The molecule has 0 unspecified atom stereocenters. The number of ether oxygens (including phenoxy) is 1. The van der Waals surface area contributed by atoms with E-state index in [2.05, 4.69) is 47.5 Å². The summed E-state index contributed by atoms with van der Waals surface area (Å²) >= 11 is 1.57. The van der Waals surface area contributed by atoms with Crippen molar-refractivity contribution in [2.75, 3.05) is 26.2 Å². The smallest absolute Gasteiger partial charge is 0.214 e. The summed E-state index contributed by atoms with van der Waals surface area (Å²) in [6.07, 6.45) is 6.83. The molecule has 212 valence electrons. The Hall–Kier alpha value is -3.56. The first kappa shape index (κ1) is 26.3. The summed E-state index contributed by atoms with van der Waals surface area (Å²) in [6.45, 7) is 10.3. The lowest BCUT2D eigenvalue weighted by Crippen LogP contribution is -2.26. The number of carbonyl (C=O) groups is 1. The second-order valence-corrected chi connectivity index (χ2v) is 13.7. The number of hydrogen-bond donors (Lipinski definition) is 0. The van der Waals surface area contributed by atoms with Crippen LogP contribution in [0, 0.1) is 5.41 Å². The molecule has 5 aromatic rings. The Kier molecular flexibility index (Phi) is 6.47. The molecule has 1 aromatic carbocycles. The van der Waals surface area contributed by atoms with Crippen LogP contribution in [0.15, 0.2) is 53.2 Å². The molecule has 7 rings (SSSR count). The summed E-state index contributed by atoms with van der Waals surface area (Å²) in [5, 5.41) is 4.08. The lowest BCUT2D eigenvalue weighted by Gasteiger charge is -2.15. The molecular formula is C32H35N5O3S. The van der Waals surface area contributed by atoms with Gasteiger partial charge < -0.3 is 9.26 Å². The predicted octanol–water partition coefficient (Wildman–Crippen LogP) is 6.12. The molecule has 1 saturated heterocycles. The van der Waals surface area contributed by atoms with Crippen molar-refractivity contribution in [3.8, 4) is 17.1 Å². The van der Waals surface area contributed by atoms with Crippen molar-refractivity contribution >= 4 is 32.4 Å². The third kappa shape index (κ3) is 5.53. The first-order valence-electron chi connectivity index (χ1n) is 14.4. The van der Waals surface area contributed by atoms with Gasteiger partial charge in [0, 0.05) is 48.8 Å². The average molecular weight is 570 g/mol. The second-order valence-electron chi connectivity index (χ2n) is 12.8. The van der Waals surface area contributed by atoms with Gasteiger partial charge in [-0.2, -0.15) is 0 Å². The third-order valence-electron chi connectivity index (χ3n) is 8.40. The highest BCUT2D eigenvalue weighted by Crippen LogP contribution is 2.52. The minimum absolute atomic E-state index is 0.110. The third-order valence-corrected chi connectivity index (χ3v) is 9.36. The molecule has 1 aliphatic heterocycles. The number of fused-ring (bicyclic) bond motifs is 3. The zero-order valence-electron chi connectivity index (χ0n) is 23.9. The average Bonchev–Trinajstić information content (AvgIpc) is 3.32. The van der Waals surface area contributed by atoms with Crippen LogP contribution in [-0.4, -0.2) is 56.4 Å². The van der Waals surface area contributed by atoms with E-state index in [0.717, 1.165) is 44.4 Å². The van der Waals surface area contributed by atoms with Crippen LogP contribution in [0.25, 0.3) is 26.6 Å². The van der Waals surface area contributed by atoms with Crippen molar-refractivity contribution in [3.05, 3.63) is 65.7 Å². The van der Waals surface area contributed by atoms with Gasteiger partial charge in [0.1, 0.15) is 23.0 Å². The maximum Gasteiger partial charge on any atom is 0.214 e. The second kappa shape index (κ2) is 10.1. The van der Waals surface area contributed by atoms with E-state index < -0.39 is 0 Å². The zero-order chi connectivity index (χ0) is 28.2. The highest BCUT2D eigenvalue weighted by molar-refractivity contribution is 7.23. The molecule has 2 fully saturated rings. The highest BCUT2D eigenvalue weighted by Gasteiger charge is 2.47. The van der Waals surface area contributed by atoms with Gasteiger partial charge in [0.25, 0.3) is 0 Å². The number of imidazole rings is 1. The Labute approximate surface area is 243 Å². The Morgan fingerprint density at radius 1 is 1.07 bits per heavy atom. The van der Waals surface area contributed by atoms with Crippen LogP contribution in [0.5, 0.6) is 5.88 Å². The van der Waals surface area contributed by atoms with Gasteiger partial charge in [0.2, 0.25) is 5.88 Å². The van der Waals surface area contributed by atoms with Gasteiger partial charge in [-0.1, -0.05) is 61.5 Å². The lowest BCUT2D eigenvalue weighted by atomic mass is 9.93. The zero-order valence-corrected chi connectivity index (χ0v) is 24.7. The van der Waals surface area contributed by atoms with Gasteiger partial charge in [0.05, 0.1) is 23.3 Å². The van der Waals surface area contributed by atoms with Crippen LogP contribution < -0.4 is 4.74 Å². The van der Waals surface area contributed by atoms with Crippen LogP contribution in [-0.2, 0) is 23.1 Å². The maximum absolute atomic E-state index is 12.7. The molecule has 41 heavy (non-hydrogen) atoms. The van der Waals surface area contributed by atoms with Crippen LogP contribution in [0.4, 0.5) is 0 Å². The van der Waals surface area contributed by atoms with Gasteiger partial charge >= 0.3 is 0 Å². The van der Waals surface area contributed by atoms with E-state index >= 15 is 0 Å². The topological polar surface area (TPSA) is 85.8 Å². The van der Waals surface area contributed by atoms with Crippen LogP contribution in [0.1, 0.15) is 57.1 Å². The number of Topliss-reactive ketones (excluding diaryl/α,β-unsaturated/α-hetero) is 1. The van der Waals surface area contributed by atoms with E-state index in [4.69, 9.17) is 19.2 Å². The Morgan fingerprint density at radius 2 is 1.90 bits per heavy atom. The van der Waals surface area contributed by atoms with Crippen molar-refractivity contribution < 1.29 is 14.1 Å². The largest absolute Gasteiger partial charge is 0.476 e. The van der Waals surface area contributed by atoms with E-state index in [9.17, 15) is 4.79 Å². The minimum atomic E-state index is -0.127. The van der Waals surface area contributed by atoms with Crippen molar-refractivity contribution in [2.24, 2.45) is 5.41 Å². The molecule has 1 aliphatic carbocycles. The van der Waals surface area contributed by atoms with Crippen molar-refractivity contribution in [3.63, 3.8) is 0 Å². The number of likely N-dealkylation sites (tertiary alicyclic amines) is 1. The summed E-state index contributed by atoms with van der Waals surface area (Å²) in [5.41, 5.74) is 5.11. The summed E-state index contributed by atoms with van der Waals surface area (Å²) in [7, 11) is 0. The molecule has 4 aromatic heterocycles. The Morgan fingerprint density at radius 3 is 2.63 bits per heavy atom. The molecule has 0 bridgehead atoms. The van der Waals surface area contributed by atoms with E-state index in [-0.39, 0.29) is 17.6 Å². The molecule has 0 amide bonds. The van der Waals surface area contributed by atoms with Crippen molar-refractivity contribution in [2.45, 2.75) is 58.3 Å². The molecule has 0 N–H and O–H groups in total. The van der Waals surface area contributed by atoms with Gasteiger partial charge in [0.15, 0.2) is 4.96 Å². The maximum atomic E-state index is 12.7. The summed E-state index contributed by atoms with van der Waals surface area (Å²) in [4.78, 5) is 26.6. The molecule has 2 aliphatic rings. The number of carbonyl (C=O) groups excluding carboxylic acids is 1. The molecule has 8 nitrogen and oxygen atoms in total.